The Morgan fingerprint density at radius 2 is 1.92 bits per heavy atom. The van der Waals surface area contributed by atoms with Crippen LogP contribution >= 0.6 is 11.3 Å². The van der Waals surface area contributed by atoms with Crippen LogP contribution < -0.4 is 5.32 Å². The van der Waals surface area contributed by atoms with Gasteiger partial charge in [0.25, 0.3) is 5.91 Å². The van der Waals surface area contributed by atoms with Gasteiger partial charge in [-0.3, -0.25) is 14.6 Å². The monoisotopic (exact) mass is 344 g/mol. The second-order valence-corrected chi connectivity index (χ2v) is 7.14. The van der Waals surface area contributed by atoms with Crippen molar-refractivity contribution in [2.45, 2.75) is 26.7 Å². The average molecular weight is 344 g/mol. The smallest absolute Gasteiger partial charge is 0.284 e. The van der Waals surface area contributed by atoms with E-state index in [1.807, 2.05) is 18.7 Å². The summed E-state index contributed by atoms with van der Waals surface area (Å²) in [4.78, 5) is 35.9. The van der Waals surface area contributed by atoms with Crippen LogP contribution in [0, 0.1) is 5.92 Å². The fourth-order valence-corrected chi connectivity index (χ4v) is 3.66. The first-order valence-electron chi connectivity index (χ1n) is 8.03. The van der Waals surface area contributed by atoms with Gasteiger partial charge in [-0.05, 0) is 12.1 Å². The van der Waals surface area contributed by atoms with E-state index >= 15 is 0 Å². The molecular formula is C17H20N4O2S. The van der Waals surface area contributed by atoms with Gasteiger partial charge >= 0.3 is 0 Å². The van der Waals surface area contributed by atoms with Crippen LogP contribution in [0.15, 0.2) is 24.5 Å². The van der Waals surface area contributed by atoms with Crippen molar-refractivity contribution in [2.75, 3.05) is 18.4 Å². The molecule has 0 aliphatic carbocycles. The number of nitrogens with zero attached hydrogens (tertiary/aromatic N) is 3. The first kappa shape index (κ1) is 16.6. The van der Waals surface area contributed by atoms with Crippen LogP contribution in [0.3, 0.4) is 0 Å². The molecule has 126 valence electrons. The lowest BCUT2D eigenvalue weighted by Gasteiger charge is -2.22. The number of rotatable bonds is 3. The highest BCUT2D eigenvalue weighted by Gasteiger charge is 2.24. The maximum Gasteiger partial charge on any atom is 0.284 e. The SMILES string of the molecule is CC(C)C(=O)N1CCc2nc(C(=O)Nc3ccncc3)sc2CC1. The number of hydrogen-bond donors (Lipinski definition) is 1. The standard InChI is InChI=1S/C17H20N4O2S/c1-11(2)17(23)21-9-5-13-14(6-10-21)24-16(20-13)15(22)19-12-3-7-18-8-4-12/h3-4,7-8,11H,5-6,9-10H2,1-2H3,(H,18,19,22). The molecule has 0 spiro atoms. The molecule has 1 aliphatic rings. The highest BCUT2D eigenvalue weighted by atomic mass is 32.1. The molecule has 3 rings (SSSR count). The minimum Gasteiger partial charge on any atom is -0.342 e. The molecule has 3 heterocycles. The minimum absolute atomic E-state index is 0.01000. The normalized spacial score (nSPS) is 14.2. The van der Waals surface area contributed by atoms with Gasteiger partial charge in [0.2, 0.25) is 5.91 Å². The summed E-state index contributed by atoms with van der Waals surface area (Å²) < 4.78 is 0. The van der Waals surface area contributed by atoms with E-state index in [0.29, 0.717) is 30.2 Å². The van der Waals surface area contributed by atoms with E-state index in [-0.39, 0.29) is 17.7 Å². The Morgan fingerprint density at radius 1 is 1.21 bits per heavy atom. The number of amides is 2. The summed E-state index contributed by atoms with van der Waals surface area (Å²) in [6.45, 7) is 5.20. The lowest BCUT2D eigenvalue weighted by atomic mass is 10.2. The van der Waals surface area contributed by atoms with Crippen LogP contribution in [-0.2, 0) is 17.6 Å². The van der Waals surface area contributed by atoms with E-state index in [9.17, 15) is 9.59 Å². The zero-order valence-corrected chi connectivity index (χ0v) is 14.6. The number of aromatic nitrogens is 2. The molecule has 1 aliphatic heterocycles. The molecule has 0 saturated heterocycles. The molecule has 0 fully saturated rings. The van der Waals surface area contributed by atoms with Crippen LogP contribution in [0.4, 0.5) is 5.69 Å². The predicted molar refractivity (Wildman–Crippen MR) is 93.1 cm³/mol. The van der Waals surface area contributed by atoms with Gasteiger partial charge < -0.3 is 10.2 Å². The van der Waals surface area contributed by atoms with Crippen molar-refractivity contribution in [2.24, 2.45) is 5.92 Å². The third kappa shape index (κ3) is 3.62. The summed E-state index contributed by atoms with van der Waals surface area (Å²) in [5.74, 6) is -0.00834. The number of nitrogens with one attached hydrogen (secondary N) is 1. The topological polar surface area (TPSA) is 75.2 Å². The number of carbonyl (C=O) groups is 2. The Hall–Kier alpha value is -2.28. The van der Waals surface area contributed by atoms with Gasteiger partial charge in [0.15, 0.2) is 5.01 Å². The lowest BCUT2D eigenvalue weighted by Crippen LogP contribution is -2.36. The highest BCUT2D eigenvalue weighted by Crippen LogP contribution is 2.24. The van der Waals surface area contributed by atoms with E-state index in [4.69, 9.17) is 0 Å². The van der Waals surface area contributed by atoms with Crippen molar-refractivity contribution in [3.8, 4) is 0 Å². The van der Waals surface area contributed by atoms with Crippen LogP contribution in [0.25, 0.3) is 0 Å². The van der Waals surface area contributed by atoms with E-state index in [0.717, 1.165) is 17.0 Å². The Balaban J connectivity index is 1.68. The van der Waals surface area contributed by atoms with Crippen molar-refractivity contribution in [1.82, 2.24) is 14.9 Å². The molecule has 6 nitrogen and oxygen atoms in total. The number of fused-ring (bicyclic) bond motifs is 1. The fourth-order valence-electron chi connectivity index (χ4n) is 2.67. The first-order chi connectivity index (χ1) is 11.5. The molecule has 0 atom stereocenters. The Bertz CT molecular complexity index is 717. The van der Waals surface area contributed by atoms with Crippen LogP contribution in [0.2, 0.25) is 0 Å². The number of carbonyl (C=O) groups excluding carboxylic acids is 2. The zero-order chi connectivity index (χ0) is 17.1. The summed E-state index contributed by atoms with van der Waals surface area (Å²) in [5.41, 5.74) is 1.65. The second-order valence-electron chi connectivity index (χ2n) is 6.06. The minimum atomic E-state index is -0.200. The predicted octanol–water partition coefficient (Wildman–Crippen LogP) is 2.37. The third-order valence-electron chi connectivity index (χ3n) is 3.94. The number of thiazole rings is 1. The highest BCUT2D eigenvalue weighted by molar-refractivity contribution is 7.13. The van der Waals surface area contributed by atoms with Crippen molar-refractivity contribution in [3.63, 3.8) is 0 Å². The maximum absolute atomic E-state index is 12.3. The first-order valence-corrected chi connectivity index (χ1v) is 8.85. The van der Waals surface area contributed by atoms with Gasteiger partial charge in [0.05, 0.1) is 5.69 Å². The van der Waals surface area contributed by atoms with Crippen LogP contribution in [0.1, 0.15) is 34.2 Å². The van der Waals surface area contributed by atoms with Crippen molar-refractivity contribution in [1.29, 1.82) is 0 Å². The maximum atomic E-state index is 12.3. The summed E-state index contributed by atoms with van der Waals surface area (Å²) >= 11 is 1.42. The van der Waals surface area contributed by atoms with Crippen molar-refractivity contribution >= 4 is 28.8 Å². The molecule has 0 radical (unpaired) electrons. The molecular weight excluding hydrogens is 324 g/mol. The number of hydrogen-bond acceptors (Lipinski definition) is 5. The van der Waals surface area contributed by atoms with Crippen LogP contribution in [0.5, 0.6) is 0 Å². The Morgan fingerprint density at radius 3 is 2.62 bits per heavy atom. The molecule has 0 unspecified atom stereocenters. The molecule has 0 bridgehead atoms. The van der Waals surface area contributed by atoms with E-state index in [1.165, 1.54) is 11.3 Å². The van der Waals surface area contributed by atoms with E-state index in [2.05, 4.69) is 15.3 Å². The van der Waals surface area contributed by atoms with Crippen LogP contribution in [-0.4, -0.2) is 39.8 Å². The summed E-state index contributed by atoms with van der Waals surface area (Å²) in [7, 11) is 0. The molecule has 24 heavy (non-hydrogen) atoms. The van der Waals surface area contributed by atoms with E-state index in [1.54, 1.807) is 24.5 Å². The van der Waals surface area contributed by atoms with Gasteiger partial charge in [-0.1, -0.05) is 13.8 Å². The largest absolute Gasteiger partial charge is 0.342 e. The third-order valence-corrected chi connectivity index (χ3v) is 5.10. The molecule has 2 aromatic heterocycles. The molecule has 0 saturated carbocycles. The Labute approximate surface area is 144 Å². The van der Waals surface area contributed by atoms with Crippen molar-refractivity contribution in [3.05, 3.63) is 40.1 Å². The number of anilines is 1. The second kappa shape index (κ2) is 7.09. The molecule has 2 amide bonds. The van der Waals surface area contributed by atoms with Crippen molar-refractivity contribution < 1.29 is 9.59 Å². The van der Waals surface area contributed by atoms with Gasteiger partial charge in [-0.2, -0.15) is 0 Å². The zero-order valence-electron chi connectivity index (χ0n) is 13.8. The van der Waals surface area contributed by atoms with Gasteiger partial charge in [-0.25, -0.2) is 4.98 Å². The summed E-state index contributed by atoms with van der Waals surface area (Å²) in [5, 5.41) is 3.30. The molecule has 0 aromatic carbocycles. The fraction of sp³-hybridized carbons (Fsp3) is 0.412. The lowest BCUT2D eigenvalue weighted by molar-refractivity contribution is -0.134. The van der Waals surface area contributed by atoms with E-state index < -0.39 is 0 Å². The summed E-state index contributed by atoms with van der Waals surface area (Å²) in [6, 6.07) is 3.48. The van der Waals surface area contributed by atoms with Gasteiger partial charge in [0.1, 0.15) is 0 Å². The number of pyridine rings is 1. The molecule has 2 aromatic rings. The summed E-state index contributed by atoms with van der Waals surface area (Å²) in [6.07, 6.45) is 4.72. The average Bonchev–Trinajstić information content (AvgIpc) is 2.89. The quantitative estimate of drug-likeness (QED) is 0.927. The molecule has 1 N–H and O–H groups in total. The van der Waals surface area contributed by atoms with Gasteiger partial charge in [-0.15, -0.1) is 11.3 Å². The molecule has 7 heteroatoms. The van der Waals surface area contributed by atoms with Gasteiger partial charge in [0, 0.05) is 54.8 Å². The Kier molecular flexibility index (Phi) is 4.89.